The molecule has 0 unspecified atom stereocenters. The van der Waals surface area contributed by atoms with E-state index in [4.69, 9.17) is 4.74 Å². The van der Waals surface area contributed by atoms with Gasteiger partial charge in [-0.05, 0) is 58.3 Å². The van der Waals surface area contributed by atoms with Crippen molar-refractivity contribution < 1.29 is 4.74 Å². The van der Waals surface area contributed by atoms with Crippen LogP contribution in [0.4, 0.5) is 0 Å². The maximum Gasteiger partial charge on any atom is 0.133 e. The maximum absolute atomic E-state index is 5.83. The Kier molecular flexibility index (Phi) is 10.3. The first-order chi connectivity index (χ1) is 15.2. The molecule has 0 aliphatic heterocycles. The Hall–Kier alpha value is -1.42. The number of ether oxygens (including phenoxy) is 1. The van der Waals surface area contributed by atoms with Crippen molar-refractivity contribution in [2.75, 3.05) is 6.61 Å². The van der Waals surface area contributed by atoms with E-state index in [1.807, 2.05) is 18.5 Å². The molecular formula is C27H39BrN2O. The lowest BCUT2D eigenvalue weighted by atomic mass is 9.78. The van der Waals surface area contributed by atoms with Crippen molar-refractivity contribution >= 4 is 15.9 Å². The Labute approximate surface area is 197 Å². The Morgan fingerprint density at radius 3 is 2.19 bits per heavy atom. The van der Waals surface area contributed by atoms with Gasteiger partial charge in [0.25, 0.3) is 0 Å². The second kappa shape index (κ2) is 13.2. The van der Waals surface area contributed by atoms with Gasteiger partial charge >= 0.3 is 0 Å². The summed E-state index contributed by atoms with van der Waals surface area (Å²) in [7, 11) is 0. The van der Waals surface area contributed by atoms with Crippen molar-refractivity contribution in [3.05, 3.63) is 40.9 Å². The van der Waals surface area contributed by atoms with Gasteiger partial charge in [-0.3, -0.25) is 0 Å². The molecule has 0 atom stereocenters. The molecule has 1 fully saturated rings. The molecule has 1 aliphatic rings. The van der Waals surface area contributed by atoms with E-state index >= 15 is 0 Å². The number of halogens is 1. The Bertz CT molecular complexity index is 769. The molecule has 3 rings (SSSR count). The Morgan fingerprint density at radius 1 is 0.871 bits per heavy atom. The average Bonchev–Trinajstić information content (AvgIpc) is 2.80. The predicted molar refractivity (Wildman–Crippen MR) is 133 cm³/mol. The standard InChI is InChI=1S/C27H39BrN2O/c1-3-5-7-8-21-9-11-22(12-10-21)13-16-27-29-19-24(20-30-27)23-14-15-26(25(28)18-23)31-17-6-4-2/h14-15,18-22H,3-13,16-17H2,1-2H3/t21-,22-. The van der Waals surface area contributed by atoms with Gasteiger partial charge in [0.1, 0.15) is 11.6 Å². The fourth-order valence-corrected chi connectivity index (χ4v) is 5.08. The van der Waals surface area contributed by atoms with Gasteiger partial charge in [-0.25, -0.2) is 9.97 Å². The number of nitrogens with zero attached hydrogens (tertiary/aromatic N) is 2. The summed E-state index contributed by atoms with van der Waals surface area (Å²) in [6.07, 6.45) is 19.7. The minimum Gasteiger partial charge on any atom is -0.492 e. The van der Waals surface area contributed by atoms with Crippen LogP contribution in [0, 0.1) is 11.8 Å². The summed E-state index contributed by atoms with van der Waals surface area (Å²) < 4.78 is 6.81. The van der Waals surface area contributed by atoms with Crippen molar-refractivity contribution in [3.63, 3.8) is 0 Å². The lowest BCUT2D eigenvalue weighted by Gasteiger charge is -2.28. The zero-order chi connectivity index (χ0) is 21.9. The molecule has 2 aromatic rings. The Morgan fingerprint density at radius 2 is 1.55 bits per heavy atom. The summed E-state index contributed by atoms with van der Waals surface area (Å²) in [6, 6.07) is 6.21. The van der Waals surface area contributed by atoms with Gasteiger partial charge in [0.2, 0.25) is 0 Å². The minimum atomic E-state index is 0.757. The molecule has 1 heterocycles. The monoisotopic (exact) mass is 486 g/mol. The molecular weight excluding hydrogens is 448 g/mol. The zero-order valence-corrected chi connectivity index (χ0v) is 21.0. The summed E-state index contributed by atoms with van der Waals surface area (Å²) in [4.78, 5) is 9.32. The van der Waals surface area contributed by atoms with Crippen LogP contribution in [0.5, 0.6) is 5.75 Å². The number of benzene rings is 1. The molecule has 0 amide bonds. The van der Waals surface area contributed by atoms with Crippen molar-refractivity contribution in [2.45, 2.75) is 90.9 Å². The van der Waals surface area contributed by atoms with Crippen LogP contribution in [0.15, 0.2) is 35.1 Å². The highest BCUT2D eigenvalue weighted by molar-refractivity contribution is 9.10. The molecule has 31 heavy (non-hydrogen) atoms. The van der Waals surface area contributed by atoms with Crippen LogP contribution in [-0.4, -0.2) is 16.6 Å². The van der Waals surface area contributed by atoms with E-state index in [9.17, 15) is 0 Å². The normalized spacial score (nSPS) is 18.8. The number of hydrogen-bond acceptors (Lipinski definition) is 3. The molecule has 0 N–H and O–H groups in total. The first-order valence-electron chi connectivity index (χ1n) is 12.4. The highest BCUT2D eigenvalue weighted by Crippen LogP contribution is 2.34. The number of hydrogen-bond donors (Lipinski definition) is 0. The average molecular weight is 488 g/mol. The third-order valence-corrected chi connectivity index (χ3v) is 7.30. The molecule has 0 bridgehead atoms. The third-order valence-electron chi connectivity index (χ3n) is 6.68. The smallest absolute Gasteiger partial charge is 0.133 e. The first kappa shape index (κ1) is 24.2. The largest absolute Gasteiger partial charge is 0.492 e. The number of aryl methyl sites for hydroxylation is 1. The summed E-state index contributed by atoms with van der Waals surface area (Å²) in [5.74, 6) is 3.73. The SMILES string of the molecule is CCCCC[C@H]1CC[C@H](CCc2ncc(-c3ccc(OCCCC)c(Br)c3)cn2)CC1. The molecule has 3 nitrogen and oxygen atoms in total. The van der Waals surface area contributed by atoms with E-state index in [1.54, 1.807) is 0 Å². The van der Waals surface area contributed by atoms with E-state index < -0.39 is 0 Å². The van der Waals surface area contributed by atoms with E-state index in [0.29, 0.717) is 0 Å². The van der Waals surface area contributed by atoms with Crippen LogP contribution in [0.1, 0.15) is 90.3 Å². The molecule has 1 aliphatic carbocycles. The second-order valence-electron chi connectivity index (χ2n) is 9.16. The molecule has 1 aromatic heterocycles. The van der Waals surface area contributed by atoms with Gasteiger partial charge in [0, 0.05) is 24.4 Å². The van der Waals surface area contributed by atoms with E-state index in [0.717, 1.165) is 64.9 Å². The van der Waals surface area contributed by atoms with Crippen molar-refractivity contribution in [1.29, 1.82) is 0 Å². The number of aromatic nitrogens is 2. The van der Waals surface area contributed by atoms with Crippen molar-refractivity contribution in [1.82, 2.24) is 9.97 Å². The van der Waals surface area contributed by atoms with Crippen LogP contribution in [0.2, 0.25) is 0 Å². The molecule has 0 spiro atoms. The fourth-order valence-electron chi connectivity index (χ4n) is 4.58. The predicted octanol–water partition coefficient (Wildman–Crippen LogP) is 8.40. The van der Waals surface area contributed by atoms with Gasteiger partial charge in [-0.15, -0.1) is 0 Å². The Balaban J connectivity index is 1.45. The molecule has 4 heteroatoms. The summed E-state index contributed by atoms with van der Waals surface area (Å²) in [5.41, 5.74) is 2.17. The third kappa shape index (κ3) is 7.89. The van der Waals surface area contributed by atoms with Crippen LogP contribution in [-0.2, 0) is 6.42 Å². The topological polar surface area (TPSA) is 35.0 Å². The van der Waals surface area contributed by atoms with Crippen LogP contribution in [0.3, 0.4) is 0 Å². The summed E-state index contributed by atoms with van der Waals surface area (Å²) in [6.45, 7) is 5.22. The second-order valence-corrected chi connectivity index (χ2v) is 10.0. The molecule has 0 saturated heterocycles. The van der Waals surface area contributed by atoms with Gasteiger partial charge in [-0.2, -0.15) is 0 Å². The van der Waals surface area contributed by atoms with Gasteiger partial charge in [0.05, 0.1) is 11.1 Å². The number of rotatable bonds is 12. The molecule has 1 saturated carbocycles. The van der Waals surface area contributed by atoms with Crippen LogP contribution >= 0.6 is 15.9 Å². The summed E-state index contributed by atoms with van der Waals surface area (Å²) in [5, 5.41) is 0. The molecule has 1 aromatic carbocycles. The van der Waals surface area contributed by atoms with Gasteiger partial charge in [0.15, 0.2) is 0 Å². The van der Waals surface area contributed by atoms with E-state index in [1.165, 1.54) is 57.8 Å². The quantitative estimate of drug-likeness (QED) is 0.282. The highest BCUT2D eigenvalue weighted by atomic mass is 79.9. The van der Waals surface area contributed by atoms with E-state index in [-0.39, 0.29) is 0 Å². The fraction of sp³-hybridized carbons (Fsp3) is 0.630. The number of unbranched alkanes of at least 4 members (excludes halogenated alkanes) is 3. The first-order valence-corrected chi connectivity index (χ1v) is 13.2. The zero-order valence-electron chi connectivity index (χ0n) is 19.4. The van der Waals surface area contributed by atoms with Crippen molar-refractivity contribution in [2.24, 2.45) is 11.8 Å². The van der Waals surface area contributed by atoms with Crippen LogP contribution < -0.4 is 4.74 Å². The lowest BCUT2D eigenvalue weighted by Crippen LogP contribution is -2.15. The maximum atomic E-state index is 5.83. The molecule has 0 radical (unpaired) electrons. The minimum absolute atomic E-state index is 0.757. The lowest BCUT2D eigenvalue weighted by molar-refractivity contribution is 0.248. The van der Waals surface area contributed by atoms with E-state index in [2.05, 4.69) is 51.9 Å². The summed E-state index contributed by atoms with van der Waals surface area (Å²) >= 11 is 3.64. The highest BCUT2D eigenvalue weighted by Gasteiger charge is 2.21. The van der Waals surface area contributed by atoms with Gasteiger partial charge in [-0.1, -0.05) is 77.7 Å². The molecule has 170 valence electrons. The van der Waals surface area contributed by atoms with Gasteiger partial charge < -0.3 is 4.74 Å². The van der Waals surface area contributed by atoms with Crippen molar-refractivity contribution in [3.8, 4) is 16.9 Å². The van der Waals surface area contributed by atoms with Crippen LogP contribution in [0.25, 0.3) is 11.1 Å².